The first-order valence-corrected chi connectivity index (χ1v) is 7.38. The van der Waals surface area contributed by atoms with Gasteiger partial charge in [-0.05, 0) is 12.8 Å². The van der Waals surface area contributed by atoms with Gasteiger partial charge in [-0.3, -0.25) is 4.98 Å². The summed E-state index contributed by atoms with van der Waals surface area (Å²) in [6.07, 6.45) is 4.77. The van der Waals surface area contributed by atoms with Gasteiger partial charge in [0.2, 0.25) is 0 Å². The molecule has 1 aliphatic rings. The van der Waals surface area contributed by atoms with E-state index < -0.39 is 9.84 Å². The summed E-state index contributed by atoms with van der Waals surface area (Å²) in [7, 11) is -1.13. The largest absolute Gasteiger partial charge is 0.372 e. The van der Waals surface area contributed by atoms with Crippen molar-refractivity contribution in [1.29, 1.82) is 0 Å². The van der Waals surface area contributed by atoms with E-state index in [9.17, 15) is 8.42 Å². The molecular weight excluding hydrogens is 240 g/mol. The van der Waals surface area contributed by atoms with Gasteiger partial charge in [0.15, 0.2) is 9.84 Å². The molecular formula is C10H16N4O2S. The van der Waals surface area contributed by atoms with Crippen molar-refractivity contribution in [2.24, 2.45) is 0 Å². The maximum atomic E-state index is 11.5. The second-order valence-corrected chi connectivity index (χ2v) is 6.37. The Morgan fingerprint density at radius 3 is 2.82 bits per heavy atom. The van der Waals surface area contributed by atoms with Gasteiger partial charge >= 0.3 is 0 Å². The quantitative estimate of drug-likeness (QED) is 0.819. The number of hydrogen-bond acceptors (Lipinski definition) is 6. The van der Waals surface area contributed by atoms with Crippen molar-refractivity contribution >= 4 is 21.5 Å². The molecule has 1 unspecified atom stereocenters. The first-order chi connectivity index (χ1) is 8.09. The zero-order valence-corrected chi connectivity index (χ0v) is 10.5. The molecule has 0 aromatic carbocycles. The number of nitrogens with one attached hydrogen (secondary N) is 2. The Hall–Kier alpha value is -1.37. The lowest BCUT2D eigenvalue weighted by Gasteiger charge is -2.23. The molecule has 6 nitrogen and oxygen atoms in total. The third-order valence-corrected chi connectivity index (χ3v) is 4.53. The van der Waals surface area contributed by atoms with Crippen LogP contribution in [0.1, 0.15) is 12.8 Å². The number of anilines is 2. The Labute approximate surface area is 101 Å². The van der Waals surface area contributed by atoms with Crippen LogP contribution in [0.2, 0.25) is 0 Å². The number of sulfone groups is 1. The van der Waals surface area contributed by atoms with E-state index in [1.165, 1.54) is 0 Å². The molecule has 1 atom stereocenters. The fraction of sp³-hybridized carbons (Fsp3) is 0.600. The second kappa shape index (κ2) is 4.87. The first kappa shape index (κ1) is 12.1. The van der Waals surface area contributed by atoms with Gasteiger partial charge < -0.3 is 10.6 Å². The normalized spacial score (nSPS) is 23.0. The van der Waals surface area contributed by atoms with Crippen LogP contribution >= 0.6 is 0 Å². The third-order valence-electron chi connectivity index (χ3n) is 2.71. The first-order valence-electron chi connectivity index (χ1n) is 5.56. The summed E-state index contributed by atoms with van der Waals surface area (Å²) in [5.41, 5.74) is 0. The second-order valence-electron chi connectivity index (χ2n) is 4.14. The minimum atomic E-state index is -2.89. The Bertz CT molecular complexity index is 489. The van der Waals surface area contributed by atoms with Crippen LogP contribution in [0.25, 0.3) is 0 Å². The summed E-state index contributed by atoms with van der Waals surface area (Å²) >= 11 is 0. The van der Waals surface area contributed by atoms with E-state index in [-0.39, 0.29) is 11.8 Å². The average molecular weight is 256 g/mol. The molecule has 2 rings (SSSR count). The summed E-state index contributed by atoms with van der Waals surface area (Å²) < 4.78 is 23.0. The minimum Gasteiger partial charge on any atom is -0.372 e. The lowest BCUT2D eigenvalue weighted by Crippen LogP contribution is -2.35. The van der Waals surface area contributed by atoms with Crippen molar-refractivity contribution in [2.75, 3.05) is 29.2 Å². The van der Waals surface area contributed by atoms with Crippen LogP contribution in [0.3, 0.4) is 0 Å². The lowest BCUT2D eigenvalue weighted by atomic mass is 10.2. The summed E-state index contributed by atoms with van der Waals surface area (Å²) in [5, 5.41) is 6.01. The van der Waals surface area contributed by atoms with E-state index in [0.29, 0.717) is 23.8 Å². The zero-order chi connectivity index (χ0) is 12.3. The number of hydrogen-bond donors (Lipinski definition) is 2. The molecule has 0 bridgehead atoms. The van der Waals surface area contributed by atoms with Crippen LogP contribution in [0, 0.1) is 0 Å². The fourth-order valence-electron chi connectivity index (χ4n) is 1.90. The molecule has 0 saturated carbocycles. The van der Waals surface area contributed by atoms with Crippen LogP contribution in [0.15, 0.2) is 12.4 Å². The molecule has 2 N–H and O–H groups in total. The van der Waals surface area contributed by atoms with Gasteiger partial charge in [0.1, 0.15) is 11.6 Å². The molecule has 7 heteroatoms. The standard InChI is InChI=1S/C10H16N4O2S/c1-11-9-5-12-6-10(14-9)13-8-3-2-4-17(15,16)7-8/h5-6,8H,2-4,7H2,1H3,(H2,11,13,14). The van der Waals surface area contributed by atoms with Gasteiger partial charge in [-0.15, -0.1) is 0 Å². The molecule has 1 fully saturated rings. The SMILES string of the molecule is CNc1cncc(NC2CCCS(=O)(=O)C2)n1. The van der Waals surface area contributed by atoms with Crippen LogP contribution in [0.5, 0.6) is 0 Å². The van der Waals surface area contributed by atoms with Gasteiger partial charge in [0, 0.05) is 13.1 Å². The summed E-state index contributed by atoms with van der Waals surface area (Å²) in [4.78, 5) is 8.27. The molecule has 0 amide bonds. The van der Waals surface area contributed by atoms with Gasteiger partial charge in [0.25, 0.3) is 0 Å². The van der Waals surface area contributed by atoms with Crippen molar-refractivity contribution in [3.8, 4) is 0 Å². The number of nitrogens with zero attached hydrogens (tertiary/aromatic N) is 2. The Balaban J connectivity index is 2.05. The third kappa shape index (κ3) is 3.29. The molecule has 1 aromatic rings. The maximum absolute atomic E-state index is 11.5. The summed E-state index contributed by atoms with van der Waals surface area (Å²) in [6, 6.07) is -0.0600. The van der Waals surface area contributed by atoms with Crippen molar-refractivity contribution in [2.45, 2.75) is 18.9 Å². The Morgan fingerprint density at radius 2 is 2.12 bits per heavy atom. The number of aromatic nitrogens is 2. The highest BCUT2D eigenvalue weighted by molar-refractivity contribution is 7.91. The molecule has 17 heavy (non-hydrogen) atoms. The average Bonchev–Trinajstić information content (AvgIpc) is 2.28. The fourth-order valence-corrected chi connectivity index (χ4v) is 3.54. The van der Waals surface area contributed by atoms with Crippen molar-refractivity contribution < 1.29 is 8.42 Å². The smallest absolute Gasteiger partial charge is 0.152 e. The predicted octanol–water partition coefficient (Wildman–Crippen LogP) is 0.507. The molecule has 2 heterocycles. The van der Waals surface area contributed by atoms with Gasteiger partial charge in [-0.2, -0.15) is 0 Å². The highest BCUT2D eigenvalue weighted by Crippen LogP contribution is 2.16. The lowest BCUT2D eigenvalue weighted by molar-refractivity contribution is 0.561. The maximum Gasteiger partial charge on any atom is 0.152 e. The van der Waals surface area contributed by atoms with E-state index in [1.807, 2.05) is 0 Å². The van der Waals surface area contributed by atoms with Gasteiger partial charge in [-0.1, -0.05) is 0 Å². The van der Waals surface area contributed by atoms with E-state index in [0.717, 1.165) is 6.42 Å². The topological polar surface area (TPSA) is 84.0 Å². The molecule has 1 aliphatic heterocycles. The molecule has 1 saturated heterocycles. The Kier molecular flexibility index (Phi) is 3.46. The van der Waals surface area contributed by atoms with Gasteiger partial charge in [0.05, 0.1) is 23.9 Å². The van der Waals surface area contributed by atoms with E-state index in [1.54, 1.807) is 19.4 Å². The highest BCUT2D eigenvalue weighted by atomic mass is 32.2. The van der Waals surface area contributed by atoms with Crippen LogP contribution in [-0.4, -0.2) is 43.0 Å². The zero-order valence-electron chi connectivity index (χ0n) is 9.68. The van der Waals surface area contributed by atoms with Crippen LogP contribution in [0.4, 0.5) is 11.6 Å². The molecule has 0 spiro atoms. The Morgan fingerprint density at radius 1 is 1.35 bits per heavy atom. The summed E-state index contributed by atoms with van der Waals surface area (Å²) in [6.45, 7) is 0. The van der Waals surface area contributed by atoms with Gasteiger partial charge in [-0.25, -0.2) is 13.4 Å². The number of rotatable bonds is 3. The molecule has 94 valence electrons. The van der Waals surface area contributed by atoms with E-state index >= 15 is 0 Å². The monoisotopic (exact) mass is 256 g/mol. The predicted molar refractivity (Wildman–Crippen MR) is 66.9 cm³/mol. The molecule has 1 aromatic heterocycles. The van der Waals surface area contributed by atoms with Crippen molar-refractivity contribution in [1.82, 2.24) is 9.97 Å². The molecule has 0 aliphatic carbocycles. The molecule has 0 radical (unpaired) electrons. The minimum absolute atomic E-state index is 0.0600. The van der Waals surface area contributed by atoms with Crippen LogP contribution in [-0.2, 0) is 9.84 Å². The van der Waals surface area contributed by atoms with E-state index in [4.69, 9.17) is 0 Å². The summed E-state index contributed by atoms with van der Waals surface area (Å²) in [5.74, 6) is 1.75. The van der Waals surface area contributed by atoms with Crippen molar-refractivity contribution in [3.05, 3.63) is 12.4 Å². The van der Waals surface area contributed by atoms with Crippen molar-refractivity contribution in [3.63, 3.8) is 0 Å². The van der Waals surface area contributed by atoms with Crippen LogP contribution < -0.4 is 10.6 Å². The van der Waals surface area contributed by atoms with E-state index in [2.05, 4.69) is 20.6 Å². The highest BCUT2D eigenvalue weighted by Gasteiger charge is 2.24.